The molecule has 0 bridgehead atoms. The van der Waals surface area contributed by atoms with Crippen molar-refractivity contribution in [1.29, 1.82) is 0 Å². The van der Waals surface area contributed by atoms with E-state index in [-0.39, 0.29) is 5.91 Å². The minimum atomic E-state index is -0.0283. The SMILES string of the molecule is Cc1cn[nH]c1NC(=O)c1csc2c1CCC(C)C2. The van der Waals surface area contributed by atoms with E-state index in [1.807, 2.05) is 12.3 Å². The number of carbonyl (C=O) groups is 1. The van der Waals surface area contributed by atoms with Gasteiger partial charge in [0.15, 0.2) is 0 Å². The Bertz CT molecular complexity index is 614. The summed E-state index contributed by atoms with van der Waals surface area (Å²) in [6.45, 7) is 4.19. The molecule has 2 N–H and O–H groups in total. The topological polar surface area (TPSA) is 57.8 Å². The largest absolute Gasteiger partial charge is 0.307 e. The number of rotatable bonds is 2. The molecule has 1 atom stereocenters. The molecule has 1 aliphatic rings. The fourth-order valence-corrected chi connectivity index (χ4v) is 3.77. The number of fused-ring (bicyclic) bond motifs is 1. The van der Waals surface area contributed by atoms with Gasteiger partial charge in [0.05, 0.1) is 11.8 Å². The van der Waals surface area contributed by atoms with Crippen molar-refractivity contribution in [3.8, 4) is 0 Å². The van der Waals surface area contributed by atoms with Gasteiger partial charge in [0, 0.05) is 15.8 Å². The molecular formula is C14H17N3OS. The number of aromatic nitrogens is 2. The number of anilines is 1. The third-order valence-corrected chi connectivity index (χ3v) is 4.76. The van der Waals surface area contributed by atoms with Gasteiger partial charge in [-0.3, -0.25) is 9.89 Å². The summed E-state index contributed by atoms with van der Waals surface area (Å²) < 4.78 is 0. The van der Waals surface area contributed by atoms with E-state index in [4.69, 9.17) is 0 Å². The first-order valence-electron chi connectivity index (χ1n) is 6.55. The van der Waals surface area contributed by atoms with Crippen LogP contribution in [0.5, 0.6) is 0 Å². The molecule has 5 heteroatoms. The maximum atomic E-state index is 12.3. The molecule has 1 aliphatic carbocycles. The predicted octanol–water partition coefficient (Wildman–Crippen LogP) is 3.16. The van der Waals surface area contributed by atoms with Gasteiger partial charge in [-0.1, -0.05) is 6.92 Å². The first-order chi connectivity index (χ1) is 9.15. The highest BCUT2D eigenvalue weighted by atomic mass is 32.1. The van der Waals surface area contributed by atoms with Crippen LogP contribution in [0.1, 0.15) is 39.7 Å². The van der Waals surface area contributed by atoms with E-state index in [0.717, 1.165) is 29.9 Å². The van der Waals surface area contributed by atoms with Crippen molar-refractivity contribution in [2.75, 3.05) is 5.32 Å². The third kappa shape index (κ3) is 2.30. The molecule has 4 nitrogen and oxygen atoms in total. The van der Waals surface area contributed by atoms with Crippen molar-refractivity contribution >= 4 is 23.1 Å². The molecule has 0 spiro atoms. The number of aryl methyl sites for hydroxylation is 1. The highest BCUT2D eigenvalue weighted by Crippen LogP contribution is 2.33. The Labute approximate surface area is 116 Å². The quantitative estimate of drug-likeness (QED) is 0.884. The molecule has 2 heterocycles. The summed E-state index contributed by atoms with van der Waals surface area (Å²) in [5.74, 6) is 1.39. The molecule has 100 valence electrons. The zero-order valence-corrected chi connectivity index (χ0v) is 11.9. The van der Waals surface area contributed by atoms with Gasteiger partial charge in [-0.2, -0.15) is 5.10 Å². The van der Waals surface area contributed by atoms with Crippen LogP contribution in [0.3, 0.4) is 0 Å². The van der Waals surface area contributed by atoms with Crippen molar-refractivity contribution in [2.24, 2.45) is 5.92 Å². The average Bonchev–Trinajstić information content (AvgIpc) is 2.96. The van der Waals surface area contributed by atoms with Crippen molar-refractivity contribution in [3.05, 3.63) is 33.1 Å². The molecule has 1 amide bonds. The lowest BCUT2D eigenvalue weighted by Crippen LogP contribution is -2.17. The second-order valence-corrected chi connectivity index (χ2v) is 6.25. The molecule has 3 rings (SSSR count). The number of hydrogen-bond donors (Lipinski definition) is 2. The fourth-order valence-electron chi connectivity index (χ4n) is 2.52. The number of H-pyrrole nitrogens is 1. The van der Waals surface area contributed by atoms with E-state index in [0.29, 0.717) is 5.82 Å². The summed E-state index contributed by atoms with van der Waals surface area (Å²) in [4.78, 5) is 13.7. The minimum absolute atomic E-state index is 0.0283. The van der Waals surface area contributed by atoms with Gasteiger partial charge in [-0.25, -0.2) is 0 Å². The first kappa shape index (κ1) is 12.4. The molecule has 1 unspecified atom stereocenters. The van der Waals surface area contributed by atoms with Crippen molar-refractivity contribution in [2.45, 2.75) is 33.1 Å². The second kappa shape index (κ2) is 4.81. The lowest BCUT2D eigenvalue weighted by atomic mass is 9.88. The van der Waals surface area contributed by atoms with Crippen LogP contribution in [0.15, 0.2) is 11.6 Å². The highest BCUT2D eigenvalue weighted by Gasteiger charge is 2.23. The Morgan fingerprint density at radius 3 is 3.16 bits per heavy atom. The van der Waals surface area contributed by atoms with E-state index in [2.05, 4.69) is 22.4 Å². The van der Waals surface area contributed by atoms with Gasteiger partial charge in [-0.05, 0) is 37.7 Å². The average molecular weight is 275 g/mol. The van der Waals surface area contributed by atoms with Gasteiger partial charge in [0.2, 0.25) is 0 Å². The summed E-state index contributed by atoms with van der Waals surface area (Å²) >= 11 is 1.71. The Kier molecular flexibility index (Phi) is 3.14. The van der Waals surface area contributed by atoms with Crippen LogP contribution in [-0.2, 0) is 12.8 Å². The monoisotopic (exact) mass is 275 g/mol. The number of nitrogens with zero attached hydrogens (tertiary/aromatic N) is 1. The molecule has 19 heavy (non-hydrogen) atoms. The first-order valence-corrected chi connectivity index (χ1v) is 7.43. The van der Waals surface area contributed by atoms with Crippen LogP contribution >= 0.6 is 11.3 Å². The summed E-state index contributed by atoms with van der Waals surface area (Å²) in [5, 5.41) is 11.6. The van der Waals surface area contributed by atoms with Crippen LogP contribution in [-0.4, -0.2) is 16.1 Å². The Balaban J connectivity index is 1.83. The molecule has 0 saturated heterocycles. The van der Waals surface area contributed by atoms with E-state index < -0.39 is 0 Å². The number of hydrogen-bond acceptors (Lipinski definition) is 3. The lowest BCUT2D eigenvalue weighted by Gasteiger charge is -2.18. The van der Waals surface area contributed by atoms with Crippen LogP contribution < -0.4 is 5.32 Å². The van der Waals surface area contributed by atoms with Crippen LogP contribution in [0, 0.1) is 12.8 Å². The number of nitrogens with one attached hydrogen (secondary N) is 2. The van der Waals surface area contributed by atoms with E-state index in [1.165, 1.54) is 16.9 Å². The van der Waals surface area contributed by atoms with Gasteiger partial charge in [-0.15, -0.1) is 11.3 Å². The minimum Gasteiger partial charge on any atom is -0.307 e. The number of thiophene rings is 1. The molecular weight excluding hydrogens is 258 g/mol. The van der Waals surface area contributed by atoms with Gasteiger partial charge >= 0.3 is 0 Å². The zero-order chi connectivity index (χ0) is 13.4. The van der Waals surface area contributed by atoms with Gasteiger partial charge in [0.25, 0.3) is 5.91 Å². The van der Waals surface area contributed by atoms with E-state index >= 15 is 0 Å². The molecule has 0 saturated carbocycles. The lowest BCUT2D eigenvalue weighted by molar-refractivity contribution is 0.102. The second-order valence-electron chi connectivity index (χ2n) is 5.28. The number of amides is 1. The van der Waals surface area contributed by atoms with Crippen molar-refractivity contribution < 1.29 is 4.79 Å². The molecule has 0 aliphatic heterocycles. The van der Waals surface area contributed by atoms with Crippen LogP contribution in [0.25, 0.3) is 0 Å². The third-order valence-electron chi connectivity index (χ3n) is 3.71. The molecule has 0 aromatic carbocycles. The highest BCUT2D eigenvalue weighted by molar-refractivity contribution is 7.10. The van der Waals surface area contributed by atoms with Crippen LogP contribution in [0.4, 0.5) is 5.82 Å². The zero-order valence-electron chi connectivity index (χ0n) is 11.1. The van der Waals surface area contributed by atoms with E-state index in [1.54, 1.807) is 17.5 Å². The summed E-state index contributed by atoms with van der Waals surface area (Å²) in [6, 6.07) is 0. The Hall–Kier alpha value is -1.62. The van der Waals surface area contributed by atoms with E-state index in [9.17, 15) is 4.79 Å². The van der Waals surface area contributed by atoms with Crippen molar-refractivity contribution in [3.63, 3.8) is 0 Å². The van der Waals surface area contributed by atoms with Crippen LogP contribution in [0.2, 0.25) is 0 Å². The van der Waals surface area contributed by atoms with Gasteiger partial charge in [0.1, 0.15) is 5.82 Å². The smallest absolute Gasteiger partial charge is 0.257 e. The van der Waals surface area contributed by atoms with Crippen molar-refractivity contribution in [1.82, 2.24) is 10.2 Å². The Morgan fingerprint density at radius 1 is 1.58 bits per heavy atom. The standard InChI is InChI=1S/C14H17N3OS/c1-8-3-4-10-11(7-19-12(10)5-8)14(18)16-13-9(2)6-15-17-13/h6-8H,3-5H2,1-2H3,(H2,15,16,17,18). The summed E-state index contributed by atoms with van der Waals surface area (Å²) in [7, 11) is 0. The predicted molar refractivity (Wildman–Crippen MR) is 76.8 cm³/mol. The number of aromatic amines is 1. The van der Waals surface area contributed by atoms with Gasteiger partial charge < -0.3 is 5.32 Å². The maximum Gasteiger partial charge on any atom is 0.257 e. The molecule has 0 radical (unpaired) electrons. The summed E-state index contributed by atoms with van der Waals surface area (Å²) in [6.07, 6.45) is 5.01. The molecule has 0 fully saturated rings. The maximum absolute atomic E-state index is 12.3. The molecule has 2 aromatic heterocycles. The molecule has 2 aromatic rings. The summed E-state index contributed by atoms with van der Waals surface area (Å²) in [5.41, 5.74) is 3.03. The normalized spacial score (nSPS) is 18.1. The number of carbonyl (C=O) groups excluding carboxylic acids is 1. The fraction of sp³-hybridized carbons (Fsp3) is 0.429. The Morgan fingerprint density at radius 2 is 2.42 bits per heavy atom.